The summed E-state index contributed by atoms with van der Waals surface area (Å²) in [7, 11) is -2.13. The van der Waals surface area contributed by atoms with E-state index in [9.17, 15) is 13.2 Å². The monoisotopic (exact) mass is 426 g/mol. The highest BCUT2D eigenvalue weighted by molar-refractivity contribution is 9.11. The van der Waals surface area contributed by atoms with E-state index in [-0.39, 0.29) is 10.8 Å². The molecule has 0 heterocycles. The number of amides is 1. The number of nitrogens with one attached hydrogen (secondary N) is 1. The van der Waals surface area contributed by atoms with Crippen LogP contribution in [0.5, 0.6) is 0 Å². The number of carbonyl (C=O) groups is 1. The lowest BCUT2D eigenvalue weighted by Gasteiger charge is -2.20. The number of hydrogen-bond donors (Lipinski definition) is 1. The van der Waals surface area contributed by atoms with Gasteiger partial charge < -0.3 is 4.90 Å². The van der Waals surface area contributed by atoms with Crippen molar-refractivity contribution in [2.75, 3.05) is 13.6 Å². The maximum atomic E-state index is 12.3. The number of nitrogens with zero attached hydrogens (tertiary/aromatic N) is 1. The van der Waals surface area contributed by atoms with E-state index in [0.29, 0.717) is 11.0 Å². The van der Waals surface area contributed by atoms with Gasteiger partial charge in [0.1, 0.15) is 0 Å². The Labute approximate surface area is 136 Å². The summed E-state index contributed by atoms with van der Waals surface area (Å²) in [5.74, 6) is -0.274. The molecule has 1 aromatic rings. The first-order chi connectivity index (χ1) is 9.19. The number of likely N-dealkylation sites (N-methyl/N-ethyl adjacent to an activating group) is 1. The number of halogens is 2. The number of sulfonamides is 1. The molecule has 0 aromatic heterocycles. The number of benzene rings is 1. The molecule has 1 atom stereocenters. The van der Waals surface area contributed by atoms with Gasteiger partial charge in [-0.25, -0.2) is 8.42 Å². The summed E-state index contributed by atoms with van der Waals surface area (Å²) < 4.78 is 28.1. The van der Waals surface area contributed by atoms with Crippen molar-refractivity contribution in [2.24, 2.45) is 0 Å². The van der Waals surface area contributed by atoms with Crippen molar-refractivity contribution in [1.29, 1.82) is 0 Å². The SMILES string of the molecule is CCN(C)C(=O)C(C)NS(=O)(=O)c1ccc(Br)cc1Br. The average molecular weight is 428 g/mol. The van der Waals surface area contributed by atoms with Gasteiger partial charge in [-0.05, 0) is 48.0 Å². The smallest absolute Gasteiger partial charge is 0.242 e. The second-order valence-corrected chi connectivity index (χ2v) is 7.72. The molecule has 20 heavy (non-hydrogen) atoms. The van der Waals surface area contributed by atoms with E-state index in [1.807, 2.05) is 6.92 Å². The van der Waals surface area contributed by atoms with E-state index in [1.165, 1.54) is 17.9 Å². The normalized spacial score (nSPS) is 13.1. The molecular formula is C12H16Br2N2O3S. The first-order valence-corrected chi connectivity index (χ1v) is 8.98. The number of carbonyl (C=O) groups excluding carboxylic acids is 1. The number of rotatable bonds is 5. The maximum absolute atomic E-state index is 12.3. The van der Waals surface area contributed by atoms with Gasteiger partial charge in [0.2, 0.25) is 15.9 Å². The van der Waals surface area contributed by atoms with Crippen LogP contribution in [0.3, 0.4) is 0 Å². The second kappa shape index (κ2) is 7.02. The lowest BCUT2D eigenvalue weighted by atomic mass is 10.3. The van der Waals surface area contributed by atoms with Crippen LogP contribution in [0.4, 0.5) is 0 Å². The highest BCUT2D eigenvalue weighted by atomic mass is 79.9. The molecule has 112 valence electrons. The molecule has 1 rings (SSSR count). The minimum atomic E-state index is -3.76. The van der Waals surface area contributed by atoms with Crippen LogP contribution < -0.4 is 4.72 Å². The number of hydrogen-bond acceptors (Lipinski definition) is 3. The van der Waals surface area contributed by atoms with Crippen molar-refractivity contribution in [2.45, 2.75) is 24.8 Å². The molecule has 0 aliphatic heterocycles. The van der Waals surface area contributed by atoms with Crippen molar-refractivity contribution in [1.82, 2.24) is 9.62 Å². The van der Waals surface area contributed by atoms with Crippen molar-refractivity contribution in [3.63, 3.8) is 0 Å². The zero-order valence-corrected chi connectivity index (χ0v) is 15.3. The quantitative estimate of drug-likeness (QED) is 0.784. The molecule has 1 aromatic carbocycles. The highest BCUT2D eigenvalue weighted by Gasteiger charge is 2.25. The second-order valence-electron chi connectivity index (χ2n) is 4.27. The van der Waals surface area contributed by atoms with Gasteiger partial charge in [0.05, 0.1) is 10.9 Å². The molecule has 1 unspecified atom stereocenters. The summed E-state index contributed by atoms with van der Waals surface area (Å²) in [6, 6.07) is 3.92. The summed E-state index contributed by atoms with van der Waals surface area (Å²) in [6.07, 6.45) is 0. The molecule has 1 N–H and O–H groups in total. The minimum absolute atomic E-state index is 0.0968. The Bertz CT molecular complexity index is 605. The van der Waals surface area contributed by atoms with E-state index in [1.54, 1.807) is 19.2 Å². The molecule has 0 saturated carbocycles. The molecule has 0 saturated heterocycles. The lowest BCUT2D eigenvalue weighted by Crippen LogP contribution is -2.45. The summed E-state index contributed by atoms with van der Waals surface area (Å²) in [4.78, 5) is 13.5. The Morgan fingerprint density at radius 3 is 2.50 bits per heavy atom. The van der Waals surface area contributed by atoms with E-state index in [2.05, 4.69) is 36.6 Å². The lowest BCUT2D eigenvalue weighted by molar-refractivity contribution is -0.131. The zero-order chi connectivity index (χ0) is 15.5. The van der Waals surface area contributed by atoms with E-state index in [0.717, 1.165) is 4.47 Å². The molecule has 0 fully saturated rings. The van der Waals surface area contributed by atoms with Crippen molar-refractivity contribution in [3.8, 4) is 0 Å². The van der Waals surface area contributed by atoms with Crippen LogP contribution in [-0.2, 0) is 14.8 Å². The largest absolute Gasteiger partial charge is 0.345 e. The summed E-state index contributed by atoms with van der Waals surface area (Å²) in [5, 5.41) is 0. The molecule has 0 radical (unpaired) electrons. The van der Waals surface area contributed by atoms with Crippen LogP contribution in [0.15, 0.2) is 32.0 Å². The Balaban J connectivity index is 2.98. The van der Waals surface area contributed by atoms with Gasteiger partial charge >= 0.3 is 0 Å². The molecule has 0 aliphatic carbocycles. The summed E-state index contributed by atoms with van der Waals surface area (Å²) >= 11 is 6.47. The average Bonchev–Trinajstić information content (AvgIpc) is 2.35. The van der Waals surface area contributed by atoms with Crippen molar-refractivity contribution >= 4 is 47.8 Å². The minimum Gasteiger partial charge on any atom is -0.345 e. The Hall–Kier alpha value is -0.440. The maximum Gasteiger partial charge on any atom is 0.242 e. The zero-order valence-electron chi connectivity index (χ0n) is 11.4. The topological polar surface area (TPSA) is 66.5 Å². The molecular weight excluding hydrogens is 412 g/mol. The van der Waals surface area contributed by atoms with Crippen LogP contribution in [-0.4, -0.2) is 38.9 Å². The summed E-state index contributed by atoms with van der Waals surface area (Å²) in [5.41, 5.74) is 0. The van der Waals surface area contributed by atoms with Crippen molar-refractivity contribution < 1.29 is 13.2 Å². The predicted octanol–water partition coefficient (Wildman–Crippen LogP) is 2.36. The standard InChI is InChI=1S/C12H16Br2N2O3S/c1-4-16(3)12(17)8(2)15-20(18,19)11-6-5-9(13)7-10(11)14/h5-8,15H,4H2,1-3H3. The Morgan fingerprint density at radius 1 is 1.40 bits per heavy atom. The molecule has 8 heteroatoms. The van der Waals surface area contributed by atoms with Gasteiger partial charge in [-0.2, -0.15) is 4.72 Å². The fourth-order valence-corrected chi connectivity index (χ4v) is 4.47. The molecule has 1 amide bonds. The van der Waals surface area contributed by atoms with Crippen LogP contribution in [0.2, 0.25) is 0 Å². The van der Waals surface area contributed by atoms with Crippen LogP contribution in [0.25, 0.3) is 0 Å². The Kier molecular flexibility index (Phi) is 6.18. The summed E-state index contributed by atoms with van der Waals surface area (Å²) in [6.45, 7) is 3.87. The fraction of sp³-hybridized carbons (Fsp3) is 0.417. The van der Waals surface area contributed by atoms with Gasteiger partial charge in [0.25, 0.3) is 0 Å². The van der Waals surface area contributed by atoms with Gasteiger partial charge in [0, 0.05) is 22.5 Å². The third kappa shape index (κ3) is 4.28. The van der Waals surface area contributed by atoms with E-state index < -0.39 is 16.1 Å². The first kappa shape index (κ1) is 17.6. The van der Waals surface area contributed by atoms with Crippen LogP contribution >= 0.6 is 31.9 Å². The van der Waals surface area contributed by atoms with Gasteiger partial charge in [-0.3, -0.25) is 4.79 Å². The predicted molar refractivity (Wildman–Crippen MR) is 84.9 cm³/mol. The molecule has 0 aliphatic rings. The van der Waals surface area contributed by atoms with Crippen LogP contribution in [0.1, 0.15) is 13.8 Å². The molecule has 5 nitrogen and oxygen atoms in total. The van der Waals surface area contributed by atoms with Gasteiger partial charge in [-0.15, -0.1) is 0 Å². The van der Waals surface area contributed by atoms with Crippen molar-refractivity contribution in [3.05, 3.63) is 27.1 Å². The van der Waals surface area contributed by atoms with Crippen LogP contribution in [0, 0.1) is 0 Å². The third-order valence-corrected chi connectivity index (χ3v) is 5.75. The molecule has 0 spiro atoms. The van der Waals surface area contributed by atoms with Gasteiger partial charge in [-0.1, -0.05) is 15.9 Å². The Morgan fingerprint density at radius 2 is 2.00 bits per heavy atom. The van der Waals surface area contributed by atoms with Gasteiger partial charge in [0.15, 0.2) is 0 Å². The fourth-order valence-electron chi connectivity index (χ4n) is 1.53. The van der Waals surface area contributed by atoms with E-state index in [4.69, 9.17) is 0 Å². The van der Waals surface area contributed by atoms with E-state index >= 15 is 0 Å². The molecule has 0 bridgehead atoms. The first-order valence-electron chi connectivity index (χ1n) is 5.91. The highest BCUT2D eigenvalue weighted by Crippen LogP contribution is 2.25. The third-order valence-electron chi connectivity index (χ3n) is 2.74.